The molecule has 2 N–H and O–H groups in total. The van der Waals surface area contributed by atoms with Crippen LogP contribution in [-0.4, -0.2) is 18.1 Å². The maximum absolute atomic E-state index is 14.5. The SMILES string of the molecule is COC(=O)c1nc(-c2ccc(C(F)(F)F)c(C(F)F)c2F)c(F)c(N)c1Cl. The third kappa shape index (κ3) is 3.64. The van der Waals surface area contributed by atoms with Crippen molar-refractivity contribution in [2.24, 2.45) is 0 Å². The number of nitrogens with two attached hydrogens (primary N) is 1. The number of rotatable bonds is 3. The fourth-order valence-corrected chi connectivity index (χ4v) is 2.41. The van der Waals surface area contributed by atoms with E-state index in [0.717, 1.165) is 7.11 Å². The largest absolute Gasteiger partial charge is 0.464 e. The minimum absolute atomic E-state index is 0.142. The van der Waals surface area contributed by atoms with E-state index in [1.807, 2.05) is 0 Å². The second-order valence-electron chi connectivity index (χ2n) is 5.03. The van der Waals surface area contributed by atoms with Gasteiger partial charge in [0.1, 0.15) is 11.5 Å². The molecule has 12 heteroatoms. The zero-order chi connectivity index (χ0) is 20.7. The standard InChI is InChI=1S/C15H8ClF7N2O2/c1-27-14(26)12-7(16)10(24)9(18)11(25-12)4-2-3-5(15(21,22)23)6(8(4)17)13(19)20/h2-3,13H,1H3,(H2,24,25). The average Bonchev–Trinajstić information content (AvgIpc) is 2.58. The van der Waals surface area contributed by atoms with Crippen molar-refractivity contribution in [1.29, 1.82) is 0 Å². The lowest BCUT2D eigenvalue weighted by Gasteiger charge is -2.16. The molecule has 0 atom stereocenters. The number of hydrogen-bond donors (Lipinski definition) is 1. The molecule has 0 saturated heterocycles. The van der Waals surface area contributed by atoms with Gasteiger partial charge in [-0.2, -0.15) is 13.2 Å². The van der Waals surface area contributed by atoms with Gasteiger partial charge in [-0.15, -0.1) is 0 Å². The highest BCUT2D eigenvalue weighted by molar-refractivity contribution is 6.35. The summed E-state index contributed by atoms with van der Waals surface area (Å²) in [5.74, 6) is -4.79. The number of hydrogen-bond acceptors (Lipinski definition) is 4. The third-order valence-electron chi connectivity index (χ3n) is 3.45. The lowest BCUT2D eigenvalue weighted by atomic mass is 9.99. The van der Waals surface area contributed by atoms with Crippen LogP contribution in [-0.2, 0) is 10.9 Å². The number of nitrogens with zero attached hydrogens (tertiary/aromatic N) is 1. The van der Waals surface area contributed by atoms with Gasteiger partial charge in [-0.3, -0.25) is 0 Å². The Morgan fingerprint density at radius 1 is 1.22 bits per heavy atom. The number of aromatic nitrogens is 1. The Morgan fingerprint density at radius 2 is 1.81 bits per heavy atom. The Balaban J connectivity index is 2.85. The molecule has 0 aliphatic heterocycles. The number of benzene rings is 1. The van der Waals surface area contributed by atoms with Gasteiger partial charge in [0.25, 0.3) is 6.43 Å². The first kappa shape index (κ1) is 20.7. The van der Waals surface area contributed by atoms with Gasteiger partial charge in [-0.1, -0.05) is 11.6 Å². The van der Waals surface area contributed by atoms with Gasteiger partial charge in [0, 0.05) is 5.56 Å². The molecular formula is C15H8ClF7N2O2. The molecule has 0 unspecified atom stereocenters. The van der Waals surface area contributed by atoms with Gasteiger partial charge in [-0.05, 0) is 12.1 Å². The quantitative estimate of drug-likeness (QED) is 0.564. The Bertz CT molecular complexity index is 916. The van der Waals surface area contributed by atoms with E-state index in [9.17, 15) is 35.5 Å². The first-order valence-electron chi connectivity index (χ1n) is 6.82. The van der Waals surface area contributed by atoms with E-state index < -0.39 is 69.0 Å². The lowest BCUT2D eigenvalue weighted by molar-refractivity contribution is -0.139. The second kappa shape index (κ2) is 7.22. The van der Waals surface area contributed by atoms with Crippen LogP contribution >= 0.6 is 11.6 Å². The van der Waals surface area contributed by atoms with Crippen molar-refractivity contribution in [2.45, 2.75) is 12.6 Å². The summed E-state index contributed by atoms with van der Waals surface area (Å²) in [6.45, 7) is 0. The highest BCUT2D eigenvalue weighted by Gasteiger charge is 2.39. The van der Waals surface area contributed by atoms with Crippen LogP contribution in [0.2, 0.25) is 5.02 Å². The molecule has 0 saturated carbocycles. The molecule has 4 nitrogen and oxygen atoms in total. The summed E-state index contributed by atoms with van der Waals surface area (Å²) < 4.78 is 97.8. The van der Waals surface area contributed by atoms with E-state index in [0.29, 0.717) is 6.07 Å². The highest BCUT2D eigenvalue weighted by atomic mass is 35.5. The number of methoxy groups -OCH3 is 1. The molecule has 0 aliphatic rings. The molecule has 0 radical (unpaired) electrons. The number of esters is 1. The Kier molecular flexibility index (Phi) is 5.55. The minimum Gasteiger partial charge on any atom is -0.464 e. The number of carbonyl (C=O) groups excluding carboxylic acids is 1. The monoisotopic (exact) mass is 416 g/mol. The summed E-state index contributed by atoms with van der Waals surface area (Å²) >= 11 is 5.65. The molecule has 146 valence electrons. The number of ether oxygens (including phenoxy) is 1. The van der Waals surface area contributed by atoms with Gasteiger partial charge in [0.15, 0.2) is 11.5 Å². The number of halogens is 8. The molecule has 1 aromatic carbocycles. The first-order chi connectivity index (χ1) is 12.4. The van der Waals surface area contributed by atoms with Crippen molar-refractivity contribution in [3.05, 3.63) is 45.6 Å². The van der Waals surface area contributed by atoms with Gasteiger partial charge < -0.3 is 10.5 Å². The zero-order valence-electron chi connectivity index (χ0n) is 13.1. The van der Waals surface area contributed by atoms with Crippen molar-refractivity contribution in [2.75, 3.05) is 12.8 Å². The van der Waals surface area contributed by atoms with E-state index >= 15 is 0 Å². The lowest BCUT2D eigenvalue weighted by Crippen LogP contribution is -2.14. The summed E-state index contributed by atoms with van der Waals surface area (Å²) in [5, 5.41) is -0.690. The normalized spacial score (nSPS) is 11.8. The third-order valence-corrected chi connectivity index (χ3v) is 3.83. The number of pyridine rings is 1. The van der Waals surface area contributed by atoms with Crippen LogP contribution in [0.5, 0.6) is 0 Å². The smallest absolute Gasteiger partial charge is 0.416 e. The fourth-order valence-electron chi connectivity index (χ4n) is 2.21. The van der Waals surface area contributed by atoms with Crippen molar-refractivity contribution >= 4 is 23.3 Å². The number of carbonyl (C=O) groups is 1. The molecule has 27 heavy (non-hydrogen) atoms. The molecule has 2 rings (SSSR count). The minimum atomic E-state index is -5.28. The van der Waals surface area contributed by atoms with Crippen LogP contribution in [0.15, 0.2) is 12.1 Å². The van der Waals surface area contributed by atoms with Crippen molar-refractivity contribution in [3.8, 4) is 11.3 Å². The van der Waals surface area contributed by atoms with Crippen LogP contribution in [0.3, 0.4) is 0 Å². The topological polar surface area (TPSA) is 65.2 Å². The summed E-state index contributed by atoms with van der Waals surface area (Å²) in [5.41, 5.74) is -2.38. The van der Waals surface area contributed by atoms with Crippen molar-refractivity contribution in [3.63, 3.8) is 0 Å². The second-order valence-corrected chi connectivity index (χ2v) is 5.41. The average molecular weight is 417 g/mol. The molecule has 0 aliphatic carbocycles. The molecule has 1 aromatic heterocycles. The van der Waals surface area contributed by atoms with E-state index in [2.05, 4.69) is 9.72 Å². The zero-order valence-corrected chi connectivity index (χ0v) is 13.9. The van der Waals surface area contributed by atoms with Crippen LogP contribution in [0.4, 0.5) is 36.4 Å². The maximum Gasteiger partial charge on any atom is 0.416 e. The summed E-state index contributed by atoms with van der Waals surface area (Å²) in [6.07, 6.45) is -9.15. The molecular weight excluding hydrogens is 409 g/mol. The van der Waals surface area contributed by atoms with Crippen molar-refractivity contribution < 1.29 is 40.3 Å². The highest BCUT2D eigenvalue weighted by Crippen LogP contribution is 2.42. The molecule has 0 bridgehead atoms. The van der Waals surface area contributed by atoms with Gasteiger partial charge in [0.05, 0.1) is 28.9 Å². The van der Waals surface area contributed by atoms with Gasteiger partial charge in [0.2, 0.25) is 0 Å². The summed E-state index contributed by atoms with van der Waals surface area (Å²) in [7, 11) is 0.910. The maximum atomic E-state index is 14.5. The molecule has 0 amide bonds. The molecule has 0 fully saturated rings. The van der Waals surface area contributed by atoms with E-state index in [1.54, 1.807) is 0 Å². The van der Waals surface area contributed by atoms with Gasteiger partial charge >= 0.3 is 12.1 Å². The van der Waals surface area contributed by atoms with Crippen LogP contribution < -0.4 is 5.73 Å². The van der Waals surface area contributed by atoms with Crippen LogP contribution in [0, 0.1) is 11.6 Å². The summed E-state index contributed by atoms with van der Waals surface area (Å²) in [6, 6.07) is 0.535. The molecule has 2 aromatic rings. The number of anilines is 1. The first-order valence-corrected chi connectivity index (χ1v) is 7.20. The van der Waals surface area contributed by atoms with Crippen LogP contribution in [0.1, 0.15) is 28.0 Å². The Hall–Kier alpha value is -2.56. The predicted molar refractivity (Wildman–Crippen MR) is 80.3 cm³/mol. The summed E-state index contributed by atoms with van der Waals surface area (Å²) in [4.78, 5) is 15.0. The fraction of sp³-hybridized carbons (Fsp3) is 0.200. The number of alkyl halides is 5. The van der Waals surface area contributed by atoms with E-state index in [4.69, 9.17) is 17.3 Å². The Labute approximate surface area is 151 Å². The van der Waals surface area contributed by atoms with E-state index in [-0.39, 0.29) is 6.07 Å². The predicted octanol–water partition coefficient (Wildman–Crippen LogP) is 5.01. The van der Waals surface area contributed by atoms with E-state index in [1.165, 1.54) is 0 Å². The number of nitrogen functional groups attached to an aromatic ring is 1. The molecule has 0 spiro atoms. The molecule has 1 heterocycles. The van der Waals surface area contributed by atoms with Crippen molar-refractivity contribution in [1.82, 2.24) is 4.98 Å². The Morgan fingerprint density at radius 3 is 2.30 bits per heavy atom. The van der Waals surface area contributed by atoms with Gasteiger partial charge in [-0.25, -0.2) is 27.3 Å². The van der Waals surface area contributed by atoms with Crippen LogP contribution in [0.25, 0.3) is 11.3 Å².